The lowest BCUT2D eigenvalue weighted by Crippen LogP contribution is -2.51. The summed E-state index contributed by atoms with van der Waals surface area (Å²) in [7, 11) is 0. The molecule has 0 aromatic heterocycles. The van der Waals surface area contributed by atoms with Crippen molar-refractivity contribution in [3.05, 3.63) is 0 Å². The SMILES string of the molecule is Cl.NC(C(=O)N1CCSCC1)C1CCOCC1. The molecule has 2 saturated heterocycles. The Morgan fingerprint density at radius 1 is 1.29 bits per heavy atom. The van der Waals surface area contributed by atoms with Gasteiger partial charge in [0, 0.05) is 37.8 Å². The fourth-order valence-electron chi connectivity index (χ4n) is 2.27. The van der Waals surface area contributed by atoms with Crippen LogP contribution < -0.4 is 5.73 Å². The first kappa shape index (κ1) is 15.1. The second kappa shape index (κ2) is 7.46. The van der Waals surface area contributed by atoms with E-state index in [-0.39, 0.29) is 24.4 Å². The highest BCUT2D eigenvalue weighted by molar-refractivity contribution is 7.99. The van der Waals surface area contributed by atoms with Crippen LogP contribution in [0.5, 0.6) is 0 Å². The van der Waals surface area contributed by atoms with Crippen molar-refractivity contribution in [3.63, 3.8) is 0 Å². The Kier molecular flexibility index (Phi) is 6.62. The Bertz CT molecular complexity index is 244. The highest BCUT2D eigenvalue weighted by Gasteiger charge is 2.30. The Balaban J connectivity index is 0.00000144. The zero-order valence-electron chi connectivity index (χ0n) is 9.97. The van der Waals surface area contributed by atoms with E-state index in [0.717, 1.165) is 50.7 Å². The predicted molar refractivity (Wildman–Crippen MR) is 72.7 cm³/mol. The van der Waals surface area contributed by atoms with Crippen molar-refractivity contribution in [1.29, 1.82) is 0 Å². The van der Waals surface area contributed by atoms with Gasteiger partial charge in [0.05, 0.1) is 6.04 Å². The molecule has 4 nitrogen and oxygen atoms in total. The number of halogens is 1. The van der Waals surface area contributed by atoms with Gasteiger partial charge in [-0.05, 0) is 18.8 Å². The Morgan fingerprint density at radius 2 is 1.88 bits per heavy atom. The molecule has 2 aliphatic rings. The fraction of sp³-hybridized carbons (Fsp3) is 0.909. The molecule has 2 fully saturated rings. The molecule has 0 bridgehead atoms. The summed E-state index contributed by atoms with van der Waals surface area (Å²) in [5.74, 6) is 2.56. The van der Waals surface area contributed by atoms with Crippen LogP contribution in [-0.2, 0) is 9.53 Å². The van der Waals surface area contributed by atoms with Gasteiger partial charge in [0.1, 0.15) is 0 Å². The summed E-state index contributed by atoms with van der Waals surface area (Å²) >= 11 is 1.91. The van der Waals surface area contributed by atoms with Crippen LogP contribution in [0.3, 0.4) is 0 Å². The maximum absolute atomic E-state index is 12.1. The summed E-state index contributed by atoms with van der Waals surface area (Å²) < 4.78 is 5.29. The predicted octanol–water partition coefficient (Wildman–Crippen LogP) is 0.737. The summed E-state index contributed by atoms with van der Waals surface area (Å²) in [5.41, 5.74) is 6.07. The maximum Gasteiger partial charge on any atom is 0.239 e. The van der Waals surface area contributed by atoms with Crippen molar-refractivity contribution in [3.8, 4) is 0 Å². The van der Waals surface area contributed by atoms with Crippen LogP contribution in [0.1, 0.15) is 12.8 Å². The molecule has 1 atom stereocenters. The van der Waals surface area contributed by atoms with Crippen LogP contribution in [0.2, 0.25) is 0 Å². The molecule has 2 aliphatic heterocycles. The summed E-state index contributed by atoms with van der Waals surface area (Å²) in [4.78, 5) is 14.1. The van der Waals surface area contributed by atoms with Crippen molar-refractivity contribution < 1.29 is 9.53 Å². The van der Waals surface area contributed by atoms with Crippen LogP contribution in [0.25, 0.3) is 0 Å². The van der Waals surface area contributed by atoms with Gasteiger partial charge in [0.15, 0.2) is 0 Å². The van der Waals surface area contributed by atoms with Crippen molar-refractivity contribution in [1.82, 2.24) is 4.90 Å². The number of nitrogens with zero attached hydrogens (tertiary/aromatic N) is 1. The third kappa shape index (κ3) is 4.02. The lowest BCUT2D eigenvalue weighted by molar-refractivity contribution is -0.134. The first-order valence-electron chi connectivity index (χ1n) is 5.99. The number of carbonyl (C=O) groups is 1. The van der Waals surface area contributed by atoms with Gasteiger partial charge in [-0.2, -0.15) is 11.8 Å². The molecule has 2 N–H and O–H groups in total. The number of carbonyl (C=O) groups excluding carboxylic acids is 1. The topological polar surface area (TPSA) is 55.6 Å². The van der Waals surface area contributed by atoms with Crippen molar-refractivity contribution in [2.24, 2.45) is 11.7 Å². The highest BCUT2D eigenvalue weighted by Crippen LogP contribution is 2.20. The zero-order valence-corrected chi connectivity index (χ0v) is 11.6. The number of ether oxygens (including phenoxy) is 1. The Morgan fingerprint density at radius 3 is 2.47 bits per heavy atom. The largest absolute Gasteiger partial charge is 0.381 e. The summed E-state index contributed by atoms with van der Waals surface area (Å²) in [6, 6.07) is -0.313. The van der Waals surface area contributed by atoms with Crippen LogP contribution >= 0.6 is 24.2 Å². The minimum atomic E-state index is -0.313. The Labute approximate surface area is 113 Å². The van der Waals surface area contributed by atoms with E-state index in [2.05, 4.69) is 0 Å². The third-order valence-corrected chi connectivity index (χ3v) is 4.32. The molecular formula is C11H21ClN2O2S. The van der Waals surface area contributed by atoms with Crippen LogP contribution in [0.15, 0.2) is 0 Å². The van der Waals surface area contributed by atoms with Crippen LogP contribution in [0.4, 0.5) is 0 Å². The van der Waals surface area contributed by atoms with E-state index in [1.807, 2.05) is 16.7 Å². The minimum Gasteiger partial charge on any atom is -0.381 e. The summed E-state index contributed by atoms with van der Waals surface area (Å²) in [6.07, 6.45) is 1.85. The van der Waals surface area contributed by atoms with Gasteiger partial charge in [0.2, 0.25) is 5.91 Å². The molecule has 100 valence electrons. The average molecular weight is 281 g/mol. The Hall–Kier alpha value is 0.0300. The zero-order chi connectivity index (χ0) is 11.4. The van der Waals surface area contributed by atoms with Crippen molar-refractivity contribution in [2.75, 3.05) is 37.8 Å². The van der Waals surface area contributed by atoms with E-state index in [4.69, 9.17) is 10.5 Å². The smallest absolute Gasteiger partial charge is 0.239 e. The number of nitrogens with two attached hydrogens (primary N) is 1. The second-order valence-electron chi connectivity index (χ2n) is 4.41. The van der Waals surface area contributed by atoms with Crippen molar-refractivity contribution in [2.45, 2.75) is 18.9 Å². The van der Waals surface area contributed by atoms with E-state index >= 15 is 0 Å². The molecule has 1 unspecified atom stereocenters. The number of hydrogen-bond acceptors (Lipinski definition) is 4. The maximum atomic E-state index is 12.1. The number of rotatable bonds is 2. The monoisotopic (exact) mass is 280 g/mol. The fourth-order valence-corrected chi connectivity index (χ4v) is 3.17. The number of hydrogen-bond donors (Lipinski definition) is 1. The van der Waals surface area contributed by atoms with E-state index in [1.54, 1.807) is 0 Å². The average Bonchev–Trinajstić information content (AvgIpc) is 2.39. The van der Waals surface area contributed by atoms with E-state index in [0.29, 0.717) is 5.92 Å². The number of amides is 1. The second-order valence-corrected chi connectivity index (χ2v) is 5.64. The van der Waals surface area contributed by atoms with E-state index in [9.17, 15) is 4.79 Å². The molecule has 0 saturated carbocycles. The molecule has 0 aromatic rings. The normalized spacial score (nSPS) is 23.9. The molecule has 2 heterocycles. The van der Waals surface area contributed by atoms with E-state index in [1.165, 1.54) is 0 Å². The quantitative estimate of drug-likeness (QED) is 0.811. The van der Waals surface area contributed by atoms with Gasteiger partial charge in [0.25, 0.3) is 0 Å². The molecule has 0 spiro atoms. The van der Waals surface area contributed by atoms with Gasteiger partial charge >= 0.3 is 0 Å². The molecule has 6 heteroatoms. The highest BCUT2D eigenvalue weighted by atomic mass is 35.5. The van der Waals surface area contributed by atoms with Crippen LogP contribution in [0, 0.1) is 5.92 Å². The van der Waals surface area contributed by atoms with Gasteiger partial charge in [-0.25, -0.2) is 0 Å². The standard InChI is InChI=1S/C11H20N2O2S.ClH/c12-10(9-1-5-15-6-2-9)11(14)13-3-7-16-8-4-13;/h9-10H,1-8,12H2;1H. The molecule has 0 aromatic carbocycles. The van der Waals surface area contributed by atoms with Gasteiger partial charge in [-0.15, -0.1) is 12.4 Å². The molecular weight excluding hydrogens is 260 g/mol. The molecule has 17 heavy (non-hydrogen) atoms. The van der Waals surface area contributed by atoms with E-state index < -0.39 is 0 Å². The number of thioether (sulfide) groups is 1. The van der Waals surface area contributed by atoms with Crippen LogP contribution in [-0.4, -0.2) is 54.7 Å². The lowest BCUT2D eigenvalue weighted by Gasteiger charge is -2.33. The lowest BCUT2D eigenvalue weighted by atomic mass is 9.91. The van der Waals surface area contributed by atoms with Crippen molar-refractivity contribution >= 4 is 30.1 Å². The molecule has 2 rings (SSSR count). The summed E-state index contributed by atoms with van der Waals surface area (Å²) in [6.45, 7) is 3.23. The van der Waals surface area contributed by atoms with Gasteiger partial charge < -0.3 is 15.4 Å². The van der Waals surface area contributed by atoms with Gasteiger partial charge in [-0.1, -0.05) is 0 Å². The molecule has 1 amide bonds. The molecule has 0 radical (unpaired) electrons. The molecule has 0 aliphatic carbocycles. The first-order valence-corrected chi connectivity index (χ1v) is 7.14. The summed E-state index contributed by atoms with van der Waals surface area (Å²) in [5, 5.41) is 0. The first-order chi connectivity index (χ1) is 7.79. The third-order valence-electron chi connectivity index (χ3n) is 3.38. The van der Waals surface area contributed by atoms with Gasteiger partial charge in [-0.3, -0.25) is 4.79 Å². The minimum absolute atomic E-state index is 0.